The van der Waals surface area contributed by atoms with Crippen LogP contribution < -0.4 is 11.1 Å². The lowest BCUT2D eigenvalue weighted by atomic mass is 10.1. The van der Waals surface area contributed by atoms with Crippen molar-refractivity contribution in [2.45, 2.75) is 13.0 Å². The van der Waals surface area contributed by atoms with Crippen molar-refractivity contribution in [2.75, 3.05) is 5.73 Å². The third-order valence-electron chi connectivity index (χ3n) is 6.69. The Labute approximate surface area is 240 Å². The molecular weight excluding hydrogens is 530 g/mol. The summed E-state index contributed by atoms with van der Waals surface area (Å²) in [6.07, 6.45) is 3.16. The molecule has 0 saturated heterocycles. The van der Waals surface area contributed by atoms with E-state index < -0.39 is 5.97 Å². The van der Waals surface area contributed by atoms with Gasteiger partial charge in [0.15, 0.2) is 11.5 Å². The van der Waals surface area contributed by atoms with E-state index in [9.17, 15) is 9.59 Å². The van der Waals surface area contributed by atoms with Crippen LogP contribution in [0.5, 0.6) is 0 Å². The molecule has 0 unspecified atom stereocenters. The molecule has 206 valence electrons. The summed E-state index contributed by atoms with van der Waals surface area (Å²) in [5, 5.41) is 11.9. The number of imidazole rings is 1. The minimum Gasteiger partial charge on any atom is -0.481 e. The van der Waals surface area contributed by atoms with Crippen molar-refractivity contribution in [3.8, 4) is 28.5 Å². The van der Waals surface area contributed by atoms with Gasteiger partial charge in [-0.2, -0.15) is 0 Å². The number of nitrogens with two attached hydrogens (primary N) is 1. The van der Waals surface area contributed by atoms with Gasteiger partial charge in [0.1, 0.15) is 17.2 Å². The van der Waals surface area contributed by atoms with Crippen LogP contribution in [0.15, 0.2) is 103 Å². The highest BCUT2D eigenvalue weighted by Crippen LogP contribution is 2.31. The first kappa shape index (κ1) is 26.3. The van der Waals surface area contributed by atoms with Crippen LogP contribution >= 0.6 is 0 Å². The first-order chi connectivity index (χ1) is 20.5. The summed E-state index contributed by atoms with van der Waals surface area (Å²) in [5.41, 5.74) is 11.7. The first-order valence-corrected chi connectivity index (χ1v) is 13.2. The summed E-state index contributed by atoms with van der Waals surface area (Å²) in [6.45, 7) is 0.235. The lowest BCUT2D eigenvalue weighted by Crippen LogP contribution is -2.23. The number of carboxylic acids is 1. The molecule has 0 radical (unpaired) electrons. The van der Waals surface area contributed by atoms with Gasteiger partial charge in [0.05, 0.1) is 17.7 Å². The van der Waals surface area contributed by atoms with Gasteiger partial charge in [-0.05, 0) is 53.6 Å². The summed E-state index contributed by atoms with van der Waals surface area (Å²) in [7, 11) is 0. The summed E-state index contributed by atoms with van der Waals surface area (Å²) < 4.78 is 1.85. The monoisotopic (exact) mass is 555 g/mol. The van der Waals surface area contributed by atoms with E-state index in [0.717, 1.165) is 16.8 Å². The fourth-order valence-corrected chi connectivity index (χ4v) is 4.67. The Morgan fingerprint density at radius 1 is 0.857 bits per heavy atom. The third-order valence-corrected chi connectivity index (χ3v) is 6.69. The average Bonchev–Trinajstić information content (AvgIpc) is 3.39. The zero-order valence-electron chi connectivity index (χ0n) is 22.3. The van der Waals surface area contributed by atoms with Gasteiger partial charge < -0.3 is 16.2 Å². The number of rotatable bonds is 8. The normalized spacial score (nSPS) is 11.0. The van der Waals surface area contributed by atoms with E-state index in [1.165, 1.54) is 0 Å². The van der Waals surface area contributed by atoms with E-state index in [0.29, 0.717) is 45.3 Å². The summed E-state index contributed by atoms with van der Waals surface area (Å²) in [5.74, 6) is 0.210. The zero-order chi connectivity index (χ0) is 29.1. The number of carbonyl (C=O) groups is 2. The number of aliphatic carboxylic acids is 1. The third kappa shape index (κ3) is 5.41. The second-order valence-corrected chi connectivity index (χ2v) is 9.59. The second kappa shape index (κ2) is 11.3. The van der Waals surface area contributed by atoms with E-state index in [1.807, 2.05) is 65.2 Å². The highest BCUT2D eigenvalue weighted by Gasteiger charge is 2.19. The fraction of sp³-hybridized carbons (Fsp3) is 0.0625. The molecule has 42 heavy (non-hydrogen) atoms. The Balaban J connectivity index is 1.32. The zero-order valence-corrected chi connectivity index (χ0v) is 22.3. The number of fused-ring (bicyclic) bond motifs is 1. The summed E-state index contributed by atoms with van der Waals surface area (Å²) in [4.78, 5) is 42.5. The van der Waals surface area contributed by atoms with E-state index >= 15 is 0 Å². The van der Waals surface area contributed by atoms with Crippen LogP contribution in [0.1, 0.15) is 21.5 Å². The maximum Gasteiger partial charge on any atom is 0.307 e. The highest BCUT2D eigenvalue weighted by atomic mass is 16.4. The van der Waals surface area contributed by atoms with Crippen molar-refractivity contribution in [1.29, 1.82) is 0 Å². The molecule has 0 saturated carbocycles. The van der Waals surface area contributed by atoms with Gasteiger partial charge in [-0.1, -0.05) is 48.5 Å². The van der Waals surface area contributed by atoms with Crippen molar-refractivity contribution >= 4 is 28.9 Å². The molecule has 0 aliphatic carbocycles. The van der Waals surface area contributed by atoms with Crippen LogP contribution in [0.3, 0.4) is 0 Å². The Morgan fingerprint density at radius 3 is 2.48 bits per heavy atom. The van der Waals surface area contributed by atoms with E-state index in [2.05, 4.69) is 10.3 Å². The lowest BCUT2D eigenvalue weighted by molar-refractivity contribution is -0.136. The lowest BCUT2D eigenvalue weighted by Gasteiger charge is -2.11. The largest absolute Gasteiger partial charge is 0.481 e. The Morgan fingerprint density at radius 2 is 1.71 bits per heavy atom. The van der Waals surface area contributed by atoms with Crippen LogP contribution in [0.25, 0.3) is 39.6 Å². The average molecular weight is 556 g/mol. The predicted molar refractivity (Wildman–Crippen MR) is 159 cm³/mol. The fourth-order valence-electron chi connectivity index (χ4n) is 4.67. The Bertz CT molecular complexity index is 1920. The molecule has 0 bridgehead atoms. The van der Waals surface area contributed by atoms with Gasteiger partial charge in [0.25, 0.3) is 5.91 Å². The molecule has 10 heteroatoms. The molecular formula is C32H25N7O3. The maximum atomic E-state index is 12.7. The van der Waals surface area contributed by atoms with Crippen molar-refractivity contribution in [3.05, 3.63) is 120 Å². The number of nitrogen functional groups attached to an aromatic ring is 1. The molecule has 1 amide bonds. The summed E-state index contributed by atoms with van der Waals surface area (Å²) in [6, 6.07) is 27.7. The number of aromatic nitrogens is 5. The van der Waals surface area contributed by atoms with E-state index in [1.54, 1.807) is 42.7 Å². The molecule has 0 fully saturated rings. The van der Waals surface area contributed by atoms with Crippen molar-refractivity contribution in [3.63, 3.8) is 0 Å². The van der Waals surface area contributed by atoms with Crippen molar-refractivity contribution in [1.82, 2.24) is 29.8 Å². The van der Waals surface area contributed by atoms with Crippen LogP contribution in [-0.4, -0.2) is 41.5 Å². The van der Waals surface area contributed by atoms with Crippen molar-refractivity contribution < 1.29 is 14.7 Å². The number of carboxylic acid groups (broad SMARTS) is 1. The van der Waals surface area contributed by atoms with Crippen LogP contribution in [0, 0.1) is 0 Å². The number of benzene rings is 2. The molecule has 0 aliphatic heterocycles. The van der Waals surface area contributed by atoms with Crippen LogP contribution in [-0.2, 0) is 17.8 Å². The SMILES string of the molecule is Nc1ncccc1-c1nc2ccc(-c3ccccc3)nc2n1-c1ccc(CNC(=O)c2cccc(CC(=O)O)c2)cn1. The molecule has 10 nitrogen and oxygen atoms in total. The molecule has 4 N–H and O–H groups in total. The van der Waals surface area contributed by atoms with Gasteiger partial charge in [-0.3, -0.25) is 14.2 Å². The molecule has 0 spiro atoms. The van der Waals surface area contributed by atoms with E-state index in [-0.39, 0.29) is 18.9 Å². The second-order valence-electron chi connectivity index (χ2n) is 9.59. The number of carbonyl (C=O) groups excluding carboxylic acids is 1. The first-order valence-electron chi connectivity index (χ1n) is 13.2. The van der Waals surface area contributed by atoms with Gasteiger partial charge >= 0.3 is 5.97 Å². The molecule has 4 heterocycles. The van der Waals surface area contributed by atoms with Crippen LogP contribution in [0.2, 0.25) is 0 Å². The van der Waals surface area contributed by atoms with E-state index in [4.69, 9.17) is 25.8 Å². The summed E-state index contributed by atoms with van der Waals surface area (Å²) >= 11 is 0. The van der Waals surface area contributed by atoms with Gasteiger partial charge in [-0.25, -0.2) is 19.9 Å². The molecule has 0 aliphatic rings. The molecule has 4 aromatic heterocycles. The predicted octanol–water partition coefficient (Wildman–Crippen LogP) is 4.68. The topological polar surface area (TPSA) is 149 Å². The Kier molecular flexibility index (Phi) is 7.08. The number of nitrogens with zero attached hydrogens (tertiary/aromatic N) is 5. The standard InChI is InChI=1S/C32H25N7O3/c33-29-24(10-5-15-34-29)30-38-26-13-12-25(22-7-2-1-3-8-22)37-31(26)39(30)27-14-11-21(18-35-27)19-36-32(42)23-9-4-6-20(16-23)17-28(40)41/h1-16,18H,17,19H2,(H2,33,34)(H,36,42)(H,40,41). The number of hydrogen-bond donors (Lipinski definition) is 3. The Hall–Kier alpha value is -5.90. The smallest absolute Gasteiger partial charge is 0.307 e. The minimum absolute atomic E-state index is 0.149. The maximum absolute atomic E-state index is 12.7. The minimum atomic E-state index is -0.953. The number of amides is 1. The van der Waals surface area contributed by atoms with Gasteiger partial charge in [0.2, 0.25) is 0 Å². The van der Waals surface area contributed by atoms with Gasteiger partial charge in [-0.15, -0.1) is 0 Å². The highest BCUT2D eigenvalue weighted by molar-refractivity contribution is 5.94. The number of hydrogen-bond acceptors (Lipinski definition) is 7. The van der Waals surface area contributed by atoms with Crippen LogP contribution in [0.4, 0.5) is 5.82 Å². The number of pyridine rings is 3. The number of anilines is 1. The quantitative estimate of drug-likeness (QED) is 0.245. The number of nitrogens with one attached hydrogen (secondary N) is 1. The van der Waals surface area contributed by atoms with Gasteiger partial charge in [0, 0.05) is 30.1 Å². The molecule has 2 aromatic carbocycles. The molecule has 0 atom stereocenters. The van der Waals surface area contributed by atoms with Crippen molar-refractivity contribution in [2.24, 2.45) is 0 Å². The molecule has 6 rings (SSSR count). The molecule has 6 aromatic rings.